The molecule has 0 aromatic rings. The second-order valence-electron chi connectivity index (χ2n) is 2.53. The summed E-state index contributed by atoms with van der Waals surface area (Å²) in [5.74, 6) is 0.688. The maximum absolute atomic E-state index is 5.76. The monoisotopic (exact) mass is 145 g/mol. The van der Waals surface area contributed by atoms with Gasteiger partial charge in [0.2, 0.25) is 0 Å². The molecule has 0 aromatic carbocycles. The lowest BCUT2D eigenvalue weighted by Gasteiger charge is -2.16. The molecule has 0 aromatic heterocycles. The van der Waals surface area contributed by atoms with Gasteiger partial charge in [-0.2, -0.15) is 0 Å². The molecule has 9 heavy (non-hydrogen) atoms. The summed E-state index contributed by atoms with van der Waals surface area (Å²) in [5, 5.41) is 1.01. The predicted octanol–water partition coefficient (Wildman–Crippen LogP) is 1.87. The van der Waals surface area contributed by atoms with E-state index >= 15 is 0 Å². The van der Waals surface area contributed by atoms with E-state index in [1.54, 1.807) is 0 Å². The SMILES string of the molecule is NCC1CC=C(Cl)CC1. The Kier molecular flexibility index (Phi) is 2.55. The summed E-state index contributed by atoms with van der Waals surface area (Å²) < 4.78 is 0. The molecule has 2 N–H and O–H groups in total. The van der Waals surface area contributed by atoms with Crippen molar-refractivity contribution in [3.63, 3.8) is 0 Å². The summed E-state index contributed by atoms with van der Waals surface area (Å²) in [7, 11) is 0. The third kappa shape index (κ3) is 1.99. The van der Waals surface area contributed by atoms with Crippen LogP contribution in [0.5, 0.6) is 0 Å². The van der Waals surface area contributed by atoms with Crippen molar-refractivity contribution in [3.8, 4) is 0 Å². The molecule has 0 saturated carbocycles. The van der Waals surface area contributed by atoms with Crippen molar-refractivity contribution >= 4 is 11.6 Å². The third-order valence-electron chi connectivity index (χ3n) is 1.80. The van der Waals surface area contributed by atoms with Crippen LogP contribution in [0.1, 0.15) is 19.3 Å². The second kappa shape index (κ2) is 3.23. The van der Waals surface area contributed by atoms with Crippen LogP contribution in [-0.2, 0) is 0 Å². The van der Waals surface area contributed by atoms with Gasteiger partial charge in [0.15, 0.2) is 0 Å². The zero-order valence-corrected chi connectivity index (χ0v) is 6.19. The molecule has 1 aliphatic carbocycles. The molecule has 0 saturated heterocycles. The van der Waals surface area contributed by atoms with Crippen molar-refractivity contribution in [2.24, 2.45) is 11.7 Å². The first-order valence-corrected chi connectivity index (χ1v) is 3.75. The Morgan fingerprint density at radius 1 is 1.78 bits per heavy atom. The zero-order chi connectivity index (χ0) is 6.69. The molecular weight excluding hydrogens is 134 g/mol. The first-order chi connectivity index (χ1) is 4.33. The van der Waals surface area contributed by atoms with E-state index in [0.29, 0.717) is 5.92 Å². The first-order valence-electron chi connectivity index (χ1n) is 3.37. The van der Waals surface area contributed by atoms with Crippen molar-refractivity contribution in [1.82, 2.24) is 0 Å². The van der Waals surface area contributed by atoms with Crippen LogP contribution in [0.3, 0.4) is 0 Å². The molecule has 1 atom stereocenters. The number of halogens is 1. The molecule has 0 spiro atoms. The molecule has 1 nitrogen and oxygen atoms in total. The fourth-order valence-corrected chi connectivity index (χ4v) is 1.27. The standard InChI is InChI=1S/C7H12ClN/c8-7-3-1-6(5-9)2-4-7/h3,6H,1-2,4-5,9H2. The van der Waals surface area contributed by atoms with E-state index in [9.17, 15) is 0 Å². The zero-order valence-electron chi connectivity index (χ0n) is 5.44. The van der Waals surface area contributed by atoms with E-state index in [1.165, 1.54) is 6.42 Å². The Hall–Kier alpha value is -0.0100. The maximum atomic E-state index is 5.76. The summed E-state index contributed by atoms with van der Waals surface area (Å²) in [4.78, 5) is 0. The molecule has 0 radical (unpaired) electrons. The smallest absolute Gasteiger partial charge is 0.0141 e. The van der Waals surface area contributed by atoms with Crippen LogP contribution in [-0.4, -0.2) is 6.54 Å². The maximum Gasteiger partial charge on any atom is 0.0141 e. The number of hydrogen-bond donors (Lipinski definition) is 1. The van der Waals surface area contributed by atoms with Crippen LogP contribution < -0.4 is 5.73 Å². The molecular formula is C7H12ClN. The largest absolute Gasteiger partial charge is 0.330 e. The van der Waals surface area contributed by atoms with Crippen molar-refractivity contribution in [3.05, 3.63) is 11.1 Å². The molecule has 1 aliphatic rings. The normalized spacial score (nSPS) is 27.8. The molecule has 0 bridgehead atoms. The Balaban J connectivity index is 2.36. The summed E-state index contributed by atoms with van der Waals surface area (Å²) in [6.07, 6.45) is 5.37. The highest BCUT2D eigenvalue weighted by molar-refractivity contribution is 6.29. The van der Waals surface area contributed by atoms with Crippen LogP contribution in [0.4, 0.5) is 0 Å². The van der Waals surface area contributed by atoms with E-state index in [4.69, 9.17) is 17.3 Å². The van der Waals surface area contributed by atoms with Gasteiger partial charge in [-0.05, 0) is 31.7 Å². The highest BCUT2D eigenvalue weighted by Crippen LogP contribution is 2.24. The average molecular weight is 146 g/mol. The quantitative estimate of drug-likeness (QED) is 0.599. The van der Waals surface area contributed by atoms with Crippen molar-refractivity contribution in [2.75, 3.05) is 6.54 Å². The minimum absolute atomic E-state index is 0.688. The molecule has 0 aliphatic heterocycles. The van der Waals surface area contributed by atoms with Gasteiger partial charge in [-0.3, -0.25) is 0 Å². The molecule has 1 unspecified atom stereocenters. The van der Waals surface area contributed by atoms with E-state index in [0.717, 1.165) is 24.4 Å². The molecule has 0 heterocycles. The fourth-order valence-electron chi connectivity index (χ4n) is 1.07. The lowest BCUT2D eigenvalue weighted by molar-refractivity contribution is 0.488. The van der Waals surface area contributed by atoms with Gasteiger partial charge >= 0.3 is 0 Å². The fraction of sp³-hybridized carbons (Fsp3) is 0.714. The van der Waals surface area contributed by atoms with Gasteiger partial charge in [0.1, 0.15) is 0 Å². The van der Waals surface area contributed by atoms with Crippen LogP contribution in [0.2, 0.25) is 0 Å². The summed E-state index contributed by atoms with van der Waals surface area (Å²) >= 11 is 5.76. The summed E-state index contributed by atoms with van der Waals surface area (Å²) in [6, 6.07) is 0. The van der Waals surface area contributed by atoms with Gasteiger partial charge in [-0.25, -0.2) is 0 Å². The lowest BCUT2D eigenvalue weighted by atomic mass is 9.95. The molecule has 2 heteroatoms. The van der Waals surface area contributed by atoms with E-state index in [2.05, 4.69) is 6.08 Å². The molecule has 0 fully saturated rings. The molecule has 52 valence electrons. The topological polar surface area (TPSA) is 26.0 Å². The van der Waals surface area contributed by atoms with Crippen molar-refractivity contribution in [2.45, 2.75) is 19.3 Å². The Bertz CT molecular complexity index is 120. The van der Waals surface area contributed by atoms with Crippen molar-refractivity contribution in [1.29, 1.82) is 0 Å². The van der Waals surface area contributed by atoms with Crippen LogP contribution >= 0.6 is 11.6 Å². The number of allylic oxidation sites excluding steroid dienone is 2. The third-order valence-corrected chi connectivity index (χ3v) is 2.14. The van der Waals surface area contributed by atoms with E-state index < -0.39 is 0 Å². The predicted molar refractivity (Wildman–Crippen MR) is 40.3 cm³/mol. The van der Waals surface area contributed by atoms with Crippen LogP contribution in [0, 0.1) is 5.92 Å². The van der Waals surface area contributed by atoms with Gasteiger partial charge in [0.25, 0.3) is 0 Å². The van der Waals surface area contributed by atoms with Gasteiger partial charge < -0.3 is 5.73 Å². The first kappa shape index (κ1) is 7.10. The van der Waals surface area contributed by atoms with Gasteiger partial charge in [-0.1, -0.05) is 17.7 Å². The van der Waals surface area contributed by atoms with Crippen LogP contribution in [0.15, 0.2) is 11.1 Å². The summed E-state index contributed by atoms with van der Waals surface area (Å²) in [5.41, 5.74) is 5.48. The van der Waals surface area contributed by atoms with Gasteiger partial charge in [0, 0.05) is 5.03 Å². The molecule has 0 amide bonds. The summed E-state index contributed by atoms with van der Waals surface area (Å²) in [6.45, 7) is 0.806. The van der Waals surface area contributed by atoms with Gasteiger partial charge in [0.05, 0.1) is 0 Å². The lowest BCUT2D eigenvalue weighted by Crippen LogP contribution is -2.15. The number of nitrogens with two attached hydrogens (primary N) is 1. The van der Waals surface area contributed by atoms with Crippen LogP contribution in [0.25, 0.3) is 0 Å². The molecule has 1 rings (SSSR count). The number of hydrogen-bond acceptors (Lipinski definition) is 1. The van der Waals surface area contributed by atoms with Crippen molar-refractivity contribution < 1.29 is 0 Å². The highest BCUT2D eigenvalue weighted by atomic mass is 35.5. The Labute approximate surface area is 60.9 Å². The van der Waals surface area contributed by atoms with Gasteiger partial charge in [-0.15, -0.1) is 0 Å². The average Bonchev–Trinajstić information content (AvgIpc) is 1.90. The Morgan fingerprint density at radius 2 is 2.56 bits per heavy atom. The number of rotatable bonds is 1. The van der Waals surface area contributed by atoms with E-state index in [1.807, 2.05) is 0 Å². The Morgan fingerprint density at radius 3 is 3.00 bits per heavy atom. The van der Waals surface area contributed by atoms with E-state index in [-0.39, 0.29) is 0 Å². The second-order valence-corrected chi connectivity index (χ2v) is 3.01. The minimum Gasteiger partial charge on any atom is -0.330 e. The highest BCUT2D eigenvalue weighted by Gasteiger charge is 2.10. The minimum atomic E-state index is 0.688.